The van der Waals surface area contributed by atoms with Gasteiger partial charge in [0.25, 0.3) is 0 Å². The molecule has 0 aromatic rings. The van der Waals surface area contributed by atoms with Crippen molar-refractivity contribution in [3.8, 4) is 0 Å². The number of carbonyl (C=O) groups excluding carboxylic acids is 1. The normalized spacial score (nSPS) is 11.5. The number of aliphatic hydroxyl groups is 1. The number of rotatable bonds is 33. The van der Waals surface area contributed by atoms with Gasteiger partial charge in [0.1, 0.15) is 0 Å². The van der Waals surface area contributed by atoms with E-state index in [1.54, 1.807) is 0 Å². The summed E-state index contributed by atoms with van der Waals surface area (Å²) in [7, 11) is 0. The molecule has 0 rings (SSSR count). The predicted molar refractivity (Wildman–Crippen MR) is 176 cm³/mol. The van der Waals surface area contributed by atoms with Gasteiger partial charge in [-0.25, -0.2) is 0 Å². The van der Waals surface area contributed by atoms with Gasteiger partial charge in [0.05, 0.1) is 25.1 Å². The molecule has 0 unspecified atom stereocenters. The Balaban J connectivity index is 3.64. The summed E-state index contributed by atoms with van der Waals surface area (Å²) in [6, 6.07) is 0. The molecule has 0 saturated carbocycles. The van der Waals surface area contributed by atoms with Crippen LogP contribution in [0.1, 0.15) is 175 Å². The summed E-state index contributed by atoms with van der Waals surface area (Å²) in [6.45, 7) is 14.6. The molecule has 0 aromatic heterocycles. The van der Waals surface area contributed by atoms with Gasteiger partial charge in [-0.2, -0.15) is 0 Å². The van der Waals surface area contributed by atoms with Crippen molar-refractivity contribution in [1.29, 1.82) is 0 Å². The first kappa shape index (κ1) is 39.9. The standard InChI is InChI=1S/C36H71NO4/c1-5-8-9-10-13-19-24-33-40-36(39)28-21-16-14-18-23-30-37(31-32-38)29-22-17-12-11-15-20-27-34(4)41-35(25-6-2)26-7-3/h35,38H,4-33H2,1-3H3. The topological polar surface area (TPSA) is 59.0 Å². The molecule has 0 heterocycles. The Morgan fingerprint density at radius 1 is 0.634 bits per heavy atom. The van der Waals surface area contributed by atoms with Crippen molar-refractivity contribution in [2.45, 2.75) is 181 Å². The van der Waals surface area contributed by atoms with Gasteiger partial charge in [-0.3, -0.25) is 4.79 Å². The minimum atomic E-state index is -0.0208. The van der Waals surface area contributed by atoms with Crippen LogP contribution in [-0.4, -0.2) is 54.9 Å². The summed E-state index contributed by atoms with van der Waals surface area (Å²) < 4.78 is 11.5. The monoisotopic (exact) mass is 582 g/mol. The number of allylic oxidation sites excluding steroid dienone is 1. The number of esters is 1. The van der Waals surface area contributed by atoms with E-state index in [1.807, 2.05) is 0 Å². The van der Waals surface area contributed by atoms with E-state index in [4.69, 9.17) is 9.47 Å². The largest absolute Gasteiger partial charge is 0.495 e. The maximum absolute atomic E-state index is 11.9. The van der Waals surface area contributed by atoms with Crippen molar-refractivity contribution < 1.29 is 19.4 Å². The second-order valence-electron chi connectivity index (χ2n) is 12.2. The molecule has 41 heavy (non-hydrogen) atoms. The van der Waals surface area contributed by atoms with E-state index >= 15 is 0 Å². The second kappa shape index (κ2) is 31.9. The van der Waals surface area contributed by atoms with Gasteiger partial charge in [0, 0.05) is 19.4 Å². The molecule has 0 fully saturated rings. The Kier molecular flexibility index (Phi) is 31.0. The lowest BCUT2D eigenvalue weighted by Gasteiger charge is -2.21. The third kappa shape index (κ3) is 28.8. The van der Waals surface area contributed by atoms with Gasteiger partial charge in [-0.1, -0.05) is 124 Å². The Bertz CT molecular complexity index is 562. The number of carbonyl (C=O) groups is 1. The molecule has 0 aliphatic carbocycles. The number of hydrogen-bond donors (Lipinski definition) is 1. The van der Waals surface area contributed by atoms with Gasteiger partial charge < -0.3 is 19.5 Å². The molecular weight excluding hydrogens is 510 g/mol. The summed E-state index contributed by atoms with van der Waals surface area (Å²) in [6.07, 6.45) is 28.3. The molecule has 0 atom stereocenters. The minimum Gasteiger partial charge on any atom is -0.495 e. The van der Waals surface area contributed by atoms with Gasteiger partial charge in [-0.15, -0.1) is 0 Å². The molecule has 0 saturated heterocycles. The Hall–Kier alpha value is -1.07. The average molecular weight is 582 g/mol. The first-order chi connectivity index (χ1) is 20.1. The lowest BCUT2D eigenvalue weighted by atomic mass is 10.1. The molecule has 5 nitrogen and oxygen atoms in total. The van der Waals surface area contributed by atoms with Crippen molar-refractivity contribution in [3.63, 3.8) is 0 Å². The Morgan fingerprint density at radius 2 is 1.12 bits per heavy atom. The fourth-order valence-corrected chi connectivity index (χ4v) is 5.49. The number of nitrogens with zero attached hydrogens (tertiary/aromatic N) is 1. The lowest BCUT2D eigenvalue weighted by molar-refractivity contribution is -0.143. The van der Waals surface area contributed by atoms with Gasteiger partial charge in [-0.05, 0) is 58.0 Å². The number of ether oxygens (including phenoxy) is 2. The maximum atomic E-state index is 11.9. The minimum absolute atomic E-state index is 0.0208. The zero-order valence-corrected chi connectivity index (χ0v) is 27.9. The van der Waals surface area contributed by atoms with Crippen LogP contribution in [0.15, 0.2) is 12.3 Å². The van der Waals surface area contributed by atoms with Crippen molar-refractivity contribution in [3.05, 3.63) is 12.3 Å². The quantitative estimate of drug-likeness (QED) is 0.0475. The zero-order valence-electron chi connectivity index (χ0n) is 27.9. The van der Waals surface area contributed by atoms with Crippen molar-refractivity contribution in [2.75, 3.05) is 32.8 Å². The highest BCUT2D eigenvalue weighted by atomic mass is 16.5. The molecule has 5 heteroatoms. The van der Waals surface area contributed by atoms with E-state index in [2.05, 4.69) is 32.3 Å². The average Bonchev–Trinajstić information content (AvgIpc) is 2.95. The molecule has 0 spiro atoms. The molecule has 0 aliphatic heterocycles. The molecule has 0 radical (unpaired) electrons. The molecule has 0 bridgehead atoms. The molecule has 1 N–H and O–H groups in total. The fraction of sp³-hybridized carbons (Fsp3) is 0.917. The third-order valence-corrected chi connectivity index (χ3v) is 8.02. The fourth-order valence-electron chi connectivity index (χ4n) is 5.49. The highest BCUT2D eigenvalue weighted by Crippen LogP contribution is 2.18. The van der Waals surface area contributed by atoms with Gasteiger partial charge in [0.15, 0.2) is 0 Å². The molecule has 0 aromatic carbocycles. The number of hydrogen-bond acceptors (Lipinski definition) is 5. The second-order valence-corrected chi connectivity index (χ2v) is 12.2. The van der Waals surface area contributed by atoms with Crippen molar-refractivity contribution in [2.24, 2.45) is 0 Å². The molecule has 244 valence electrons. The van der Waals surface area contributed by atoms with Crippen LogP contribution in [0.2, 0.25) is 0 Å². The van der Waals surface area contributed by atoms with Crippen molar-refractivity contribution >= 4 is 5.97 Å². The Labute approximate surface area is 256 Å². The lowest BCUT2D eigenvalue weighted by Crippen LogP contribution is -2.29. The van der Waals surface area contributed by atoms with Crippen LogP contribution >= 0.6 is 0 Å². The zero-order chi connectivity index (χ0) is 30.2. The van der Waals surface area contributed by atoms with Crippen LogP contribution in [-0.2, 0) is 14.3 Å². The summed E-state index contributed by atoms with van der Waals surface area (Å²) in [5.41, 5.74) is 0. The van der Waals surface area contributed by atoms with E-state index in [0.717, 1.165) is 63.9 Å². The Morgan fingerprint density at radius 3 is 1.66 bits per heavy atom. The van der Waals surface area contributed by atoms with E-state index in [-0.39, 0.29) is 12.6 Å². The van der Waals surface area contributed by atoms with Crippen molar-refractivity contribution in [1.82, 2.24) is 4.90 Å². The van der Waals surface area contributed by atoms with E-state index in [0.29, 0.717) is 19.1 Å². The highest BCUT2D eigenvalue weighted by molar-refractivity contribution is 5.69. The number of unbranched alkanes of at least 4 members (excludes halogenated alkanes) is 15. The summed E-state index contributed by atoms with van der Waals surface area (Å²) in [5.74, 6) is 0.959. The number of aliphatic hydroxyl groups excluding tert-OH is 1. The highest BCUT2D eigenvalue weighted by Gasteiger charge is 2.09. The summed E-state index contributed by atoms with van der Waals surface area (Å²) in [4.78, 5) is 14.3. The third-order valence-electron chi connectivity index (χ3n) is 8.02. The van der Waals surface area contributed by atoms with E-state index in [9.17, 15) is 9.90 Å². The first-order valence-corrected chi connectivity index (χ1v) is 17.9. The van der Waals surface area contributed by atoms with Crippen LogP contribution in [0.5, 0.6) is 0 Å². The maximum Gasteiger partial charge on any atom is 0.305 e. The smallest absolute Gasteiger partial charge is 0.305 e. The van der Waals surface area contributed by atoms with Gasteiger partial charge >= 0.3 is 5.97 Å². The van der Waals surface area contributed by atoms with Crippen LogP contribution in [0, 0.1) is 0 Å². The van der Waals surface area contributed by atoms with Gasteiger partial charge in [0.2, 0.25) is 0 Å². The van der Waals surface area contributed by atoms with Crippen LogP contribution in [0.25, 0.3) is 0 Å². The first-order valence-electron chi connectivity index (χ1n) is 17.9. The SMILES string of the molecule is C=C(CCCCCCCCN(CCO)CCCCCCCC(=O)OCCCCCCCCC)OC(CCC)CCC. The van der Waals surface area contributed by atoms with Crippen LogP contribution in [0.3, 0.4) is 0 Å². The summed E-state index contributed by atoms with van der Waals surface area (Å²) >= 11 is 0. The molecule has 0 aliphatic rings. The van der Waals surface area contributed by atoms with E-state index < -0.39 is 0 Å². The van der Waals surface area contributed by atoms with Crippen LogP contribution in [0.4, 0.5) is 0 Å². The molecule has 0 amide bonds. The predicted octanol–water partition coefficient (Wildman–Crippen LogP) is 10.1. The molecular formula is C36H71NO4. The van der Waals surface area contributed by atoms with E-state index in [1.165, 1.54) is 109 Å². The summed E-state index contributed by atoms with van der Waals surface area (Å²) in [5, 5.41) is 9.45. The van der Waals surface area contributed by atoms with Crippen LogP contribution < -0.4 is 0 Å².